The van der Waals surface area contributed by atoms with Crippen LogP contribution in [0.2, 0.25) is 0 Å². The van der Waals surface area contributed by atoms with Crippen LogP contribution in [0.3, 0.4) is 0 Å². The van der Waals surface area contributed by atoms with Crippen LogP contribution in [0.1, 0.15) is 18.4 Å². The molecule has 0 heterocycles. The molecule has 0 aromatic heterocycles. The van der Waals surface area contributed by atoms with Crippen molar-refractivity contribution in [2.75, 3.05) is 26.0 Å². The minimum absolute atomic E-state index is 0.109. The average Bonchev–Trinajstić information content (AvgIpc) is 2.36. The van der Waals surface area contributed by atoms with Gasteiger partial charge in [0.2, 0.25) is 0 Å². The molecule has 20 heavy (non-hydrogen) atoms. The summed E-state index contributed by atoms with van der Waals surface area (Å²) in [6.07, 6.45) is 1.59. The lowest BCUT2D eigenvalue weighted by atomic mass is 9.82. The number of anilines is 1. The fourth-order valence-electron chi connectivity index (χ4n) is 2.70. The highest BCUT2D eigenvalue weighted by molar-refractivity contribution is 5.62. The van der Waals surface area contributed by atoms with Gasteiger partial charge in [0.15, 0.2) is 0 Å². The van der Waals surface area contributed by atoms with Gasteiger partial charge in [-0.25, -0.2) is 0 Å². The first-order valence-electron chi connectivity index (χ1n) is 6.81. The highest BCUT2D eigenvalue weighted by atomic mass is 16.6. The predicted molar refractivity (Wildman–Crippen MR) is 77.7 cm³/mol. The number of nitro groups is 1. The van der Waals surface area contributed by atoms with Crippen molar-refractivity contribution >= 4 is 11.4 Å². The molecule has 0 radical (unpaired) electrons. The van der Waals surface area contributed by atoms with Crippen LogP contribution in [-0.2, 0) is 6.54 Å². The molecule has 0 amide bonds. The van der Waals surface area contributed by atoms with Crippen molar-refractivity contribution in [3.8, 4) is 0 Å². The summed E-state index contributed by atoms with van der Waals surface area (Å²) in [6, 6.07) is 5.28. The Kier molecular flexibility index (Phi) is 4.57. The van der Waals surface area contributed by atoms with Gasteiger partial charge < -0.3 is 15.3 Å². The van der Waals surface area contributed by atoms with E-state index in [9.17, 15) is 15.2 Å². The summed E-state index contributed by atoms with van der Waals surface area (Å²) in [5.74, 6) is 0.543. The van der Waals surface area contributed by atoms with E-state index in [2.05, 4.69) is 10.2 Å². The fourth-order valence-corrected chi connectivity index (χ4v) is 2.70. The maximum Gasteiger partial charge on any atom is 0.292 e. The van der Waals surface area contributed by atoms with Gasteiger partial charge in [0.25, 0.3) is 5.69 Å². The van der Waals surface area contributed by atoms with Crippen LogP contribution in [0.15, 0.2) is 18.2 Å². The Bertz CT molecular complexity index is 487. The Balaban J connectivity index is 1.98. The summed E-state index contributed by atoms with van der Waals surface area (Å²) >= 11 is 0. The Morgan fingerprint density at radius 2 is 2.20 bits per heavy atom. The average molecular weight is 279 g/mol. The van der Waals surface area contributed by atoms with E-state index in [0.717, 1.165) is 24.9 Å². The van der Waals surface area contributed by atoms with Crippen molar-refractivity contribution in [2.24, 2.45) is 5.92 Å². The van der Waals surface area contributed by atoms with Gasteiger partial charge in [-0.3, -0.25) is 10.1 Å². The second-order valence-electron chi connectivity index (χ2n) is 5.55. The van der Waals surface area contributed by atoms with Crippen LogP contribution in [-0.4, -0.2) is 41.7 Å². The zero-order valence-corrected chi connectivity index (χ0v) is 11.9. The van der Waals surface area contributed by atoms with Gasteiger partial charge in [-0.2, -0.15) is 0 Å². The molecule has 2 N–H and O–H groups in total. The summed E-state index contributed by atoms with van der Waals surface area (Å²) in [4.78, 5) is 12.8. The molecule has 0 aliphatic heterocycles. The molecule has 1 saturated carbocycles. The molecule has 0 atom stereocenters. The Morgan fingerprint density at radius 1 is 1.50 bits per heavy atom. The van der Waals surface area contributed by atoms with Gasteiger partial charge in [-0.05, 0) is 37.4 Å². The summed E-state index contributed by atoms with van der Waals surface area (Å²) < 4.78 is 0. The summed E-state index contributed by atoms with van der Waals surface area (Å²) in [5, 5.41) is 23.1. The van der Waals surface area contributed by atoms with Gasteiger partial charge >= 0.3 is 0 Å². The number of aliphatic hydroxyl groups excluding tert-OH is 1. The molecule has 0 bridgehead atoms. The van der Waals surface area contributed by atoms with Crippen LogP contribution in [0.25, 0.3) is 0 Å². The number of hydrogen-bond acceptors (Lipinski definition) is 5. The van der Waals surface area contributed by atoms with Crippen molar-refractivity contribution in [3.05, 3.63) is 33.9 Å². The van der Waals surface area contributed by atoms with E-state index < -0.39 is 0 Å². The molecule has 2 rings (SSSR count). The van der Waals surface area contributed by atoms with Crippen LogP contribution >= 0.6 is 0 Å². The largest absolute Gasteiger partial charge is 0.393 e. The quantitative estimate of drug-likeness (QED) is 0.613. The first kappa shape index (κ1) is 14.7. The minimum atomic E-state index is -0.363. The lowest BCUT2D eigenvalue weighted by Crippen LogP contribution is -2.36. The topological polar surface area (TPSA) is 78.6 Å². The zero-order chi connectivity index (χ0) is 14.7. The third kappa shape index (κ3) is 3.46. The molecule has 1 aromatic rings. The van der Waals surface area contributed by atoms with Crippen LogP contribution in [0.4, 0.5) is 11.4 Å². The first-order valence-corrected chi connectivity index (χ1v) is 6.81. The van der Waals surface area contributed by atoms with Gasteiger partial charge in [0.1, 0.15) is 5.69 Å². The fraction of sp³-hybridized carbons (Fsp3) is 0.571. The van der Waals surface area contributed by atoms with E-state index in [1.54, 1.807) is 19.2 Å². The van der Waals surface area contributed by atoms with E-state index in [1.807, 2.05) is 13.1 Å². The minimum Gasteiger partial charge on any atom is -0.393 e. The maximum absolute atomic E-state index is 11.0. The molecule has 1 aromatic carbocycles. The van der Waals surface area contributed by atoms with Gasteiger partial charge in [-0.1, -0.05) is 6.07 Å². The van der Waals surface area contributed by atoms with Crippen LogP contribution < -0.4 is 5.32 Å². The Hall–Kier alpha value is -1.66. The molecule has 0 spiro atoms. The SMILES string of the molecule is CNc1ccc(CN(C)CC2CC(O)C2)cc1[N+](=O)[O-]. The van der Waals surface area contributed by atoms with E-state index in [4.69, 9.17) is 0 Å². The van der Waals surface area contributed by atoms with E-state index in [-0.39, 0.29) is 16.7 Å². The molecule has 110 valence electrons. The molecule has 1 fully saturated rings. The highest BCUT2D eigenvalue weighted by Crippen LogP contribution is 2.29. The van der Waals surface area contributed by atoms with E-state index in [1.165, 1.54) is 0 Å². The standard InChI is InChI=1S/C14H21N3O3/c1-15-13-4-3-10(7-14(13)17(19)20)8-16(2)9-11-5-12(18)6-11/h3-4,7,11-12,15,18H,5-6,8-9H2,1-2H3. The number of rotatable bonds is 6. The van der Waals surface area contributed by atoms with E-state index >= 15 is 0 Å². The monoisotopic (exact) mass is 279 g/mol. The number of nitrogens with one attached hydrogen (secondary N) is 1. The summed E-state index contributed by atoms with van der Waals surface area (Å²) in [5.41, 5.74) is 1.57. The first-order chi connectivity index (χ1) is 9.49. The normalized spacial score (nSPS) is 21.6. The lowest BCUT2D eigenvalue weighted by Gasteiger charge is -2.34. The summed E-state index contributed by atoms with van der Waals surface area (Å²) in [6.45, 7) is 1.59. The molecular formula is C14H21N3O3. The molecule has 6 heteroatoms. The third-order valence-corrected chi connectivity index (χ3v) is 3.76. The van der Waals surface area contributed by atoms with Crippen molar-refractivity contribution in [1.29, 1.82) is 0 Å². The number of nitro benzene ring substituents is 1. The van der Waals surface area contributed by atoms with Gasteiger partial charge in [0, 0.05) is 26.2 Å². The molecule has 0 unspecified atom stereocenters. The Labute approximate surface area is 118 Å². The van der Waals surface area contributed by atoms with Crippen molar-refractivity contribution in [1.82, 2.24) is 4.90 Å². The predicted octanol–water partition coefficient (Wildman–Crippen LogP) is 1.84. The molecule has 6 nitrogen and oxygen atoms in total. The van der Waals surface area contributed by atoms with Crippen molar-refractivity contribution in [2.45, 2.75) is 25.5 Å². The van der Waals surface area contributed by atoms with Gasteiger partial charge in [0.05, 0.1) is 11.0 Å². The summed E-state index contributed by atoms with van der Waals surface area (Å²) in [7, 11) is 3.68. The second kappa shape index (κ2) is 6.19. The van der Waals surface area contributed by atoms with Crippen molar-refractivity contribution < 1.29 is 10.0 Å². The number of nitrogens with zero attached hydrogens (tertiary/aromatic N) is 2. The highest BCUT2D eigenvalue weighted by Gasteiger charge is 2.27. The third-order valence-electron chi connectivity index (χ3n) is 3.76. The maximum atomic E-state index is 11.0. The second-order valence-corrected chi connectivity index (χ2v) is 5.55. The van der Waals surface area contributed by atoms with Crippen molar-refractivity contribution in [3.63, 3.8) is 0 Å². The van der Waals surface area contributed by atoms with Crippen LogP contribution in [0.5, 0.6) is 0 Å². The number of hydrogen-bond donors (Lipinski definition) is 2. The molecule has 1 aliphatic rings. The van der Waals surface area contributed by atoms with Gasteiger partial charge in [-0.15, -0.1) is 0 Å². The molecule has 0 saturated heterocycles. The Morgan fingerprint density at radius 3 is 2.75 bits per heavy atom. The lowest BCUT2D eigenvalue weighted by molar-refractivity contribution is -0.384. The number of aliphatic hydroxyl groups is 1. The zero-order valence-electron chi connectivity index (χ0n) is 11.9. The molecule has 1 aliphatic carbocycles. The smallest absolute Gasteiger partial charge is 0.292 e. The number of benzene rings is 1. The molecular weight excluding hydrogens is 258 g/mol. The van der Waals surface area contributed by atoms with E-state index in [0.29, 0.717) is 18.2 Å². The van der Waals surface area contributed by atoms with Crippen LogP contribution in [0, 0.1) is 16.0 Å².